The second kappa shape index (κ2) is 8.32. The molecule has 4 rings (SSSR count). The number of halogens is 1. The van der Waals surface area contributed by atoms with E-state index in [9.17, 15) is 9.18 Å². The summed E-state index contributed by atoms with van der Waals surface area (Å²) in [4.78, 5) is 11.2. The number of hydrogen-bond donors (Lipinski definition) is 1. The molecule has 144 valence electrons. The van der Waals surface area contributed by atoms with Crippen molar-refractivity contribution in [2.75, 3.05) is 5.32 Å². The van der Waals surface area contributed by atoms with Crippen LogP contribution < -0.4 is 5.32 Å². The predicted octanol–water partition coefficient (Wildman–Crippen LogP) is 5.89. The van der Waals surface area contributed by atoms with Gasteiger partial charge in [-0.3, -0.25) is 4.79 Å². The summed E-state index contributed by atoms with van der Waals surface area (Å²) in [6, 6.07) is 22.3. The number of aromatic nitrogens is 2. The van der Waals surface area contributed by atoms with Crippen LogP contribution in [0.25, 0.3) is 21.7 Å². The lowest BCUT2D eigenvalue weighted by molar-refractivity contribution is -0.116. The molecule has 0 aliphatic rings. The Morgan fingerprint density at radius 2 is 1.62 bits per heavy atom. The Labute approximate surface area is 172 Å². The number of anilines is 2. The highest BCUT2D eigenvalue weighted by Crippen LogP contribution is 2.31. The standard InChI is InChI=1S/C23H18FN3OS/c1-15(28)14-22-26-27-23(29-22)17-8-12-19(13-9-17)25-21-5-3-2-4-20(21)16-6-10-18(24)11-7-16/h2-13,25H,14H2,1H3. The first-order valence-electron chi connectivity index (χ1n) is 9.13. The molecule has 29 heavy (non-hydrogen) atoms. The van der Waals surface area contributed by atoms with Crippen LogP contribution in [0.5, 0.6) is 0 Å². The zero-order valence-corrected chi connectivity index (χ0v) is 16.5. The molecule has 0 saturated heterocycles. The molecule has 0 unspecified atom stereocenters. The SMILES string of the molecule is CC(=O)Cc1nnc(-c2ccc(Nc3ccccc3-c3ccc(F)cc3)cc2)s1. The van der Waals surface area contributed by atoms with E-state index in [1.165, 1.54) is 23.5 Å². The van der Waals surface area contributed by atoms with E-state index in [2.05, 4.69) is 15.5 Å². The lowest BCUT2D eigenvalue weighted by atomic mass is 10.0. The third-order valence-corrected chi connectivity index (χ3v) is 5.33. The first-order chi connectivity index (χ1) is 14.1. The third kappa shape index (κ3) is 4.55. The van der Waals surface area contributed by atoms with Gasteiger partial charge in [0.05, 0.1) is 6.42 Å². The van der Waals surface area contributed by atoms with E-state index >= 15 is 0 Å². The highest BCUT2D eigenvalue weighted by Gasteiger charge is 2.09. The number of carbonyl (C=O) groups excluding carboxylic acids is 1. The van der Waals surface area contributed by atoms with Crippen LogP contribution in [-0.4, -0.2) is 16.0 Å². The summed E-state index contributed by atoms with van der Waals surface area (Å²) in [5, 5.41) is 13.2. The van der Waals surface area contributed by atoms with Gasteiger partial charge >= 0.3 is 0 Å². The number of hydrogen-bond acceptors (Lipinski definition) is 5. The van der Waals surface area contributed by atoms with Gasteiger partial charge in [-0.25, -0.2) is 4.39 Å². The van der Waals surface area contributed by atoms with Gasteiger partial charge in [-0.1, -0.05) is 41.7 Å². The number of nitrogens with zero attached hydrogens (tertiary/aromatic N) is 2. The average molecular weight is 403 g/mol. The van der Waals surface area contributed by atoms with Gasteiger partial charge in [0.15, 0.2) is 0 Å². The molecule has 0 aliphatic carbocycles. The van der Waals surface area contributed by atoms with Gasteiger partial charge < -0.3 is 5.32 Å². The van der Waals surface area contributed by atoms with Crippen molar-refractivity contribution in [2.45, 2.75) is 13.3 Å². The van der Waals surface area contributed by atoms with Gasteiger partial charge in [0, 0.05) is 22.5 Å². The summed E-state index contributed by atoms with van der Waals surface area (Å²) < 4.78 is 13.3. The largest absolute Gasteiger partial charge is 0.355 e. The fraction of sp³-hybridized carbons (Fsp3) is 0.0870. The molecule has 0 bridgehead atoms. The minimum atomic E-state index is -0.252. The molecule has 0 spiro atoms. The first-order valence-corrected chi connectivity index (χ1v) is 9.94. The van der Waals surface area contributed by atoms with Crippen LogP contribution in [0.15, 0.2) is 72.8 Å². The Morgan fingerprint density at radius 1 is 0.931 bits per heavy atom. The lowest BCUT2D eigenvalue weighted by Crippen LogP contribution is -1.94. The normalized spacial score (nSPS) is 10.7. The number of Topliss-reactive ketones (excluding diaryl/α,β-unsaturated/α-hetero) is 1. The second-order valence-corrected chi connectivity index (χ2v) is 7.70. The number of para-hydroxylation sites is 1. The topological polar surface area (TPSA) is 54.9 Å². The fourth-order valence-corrected chi connectivity index (χ4v) is 3.90. The van der Waals surface area contributed by atoms with Crippen molar-refractivity contribution >= 4 is 28.5 Å². The van der Waals surface area contributed by atoms with E-state index in [4.69, 9.17) is 0 Å². The number of carbonyl (C=O) groups is 1. The number of rotatable bonds is 6. The molecule has 6 heteroatoms. The quantitative estimate of drug-likeness (QED) is 0.436. The van der Waals surface area contributed by atoms with Crippen molar-refractivity contribution in [1.82, 2.24) is 10.2 Å². The monoisotopic (exact) mass is 403 g/mol. The van der Waals surface area contributed by atoms with Crippen molar-refractivity contribution in [2.24, 2.45) is 0 Å². The summed E-state index contributed by atoms with van der Waals surface area (Å²) in [5.41, 5.74) is 4.76. The highest BCUT2D eigenvalue weighted by molar-refractivity contribution is 7.14. The molecule has 3 aromatic carbocycles. The maximum Gasteiger partial charge on any atom is 0.147 e. The molecular formula is C23H18FN3OS. The smallest absolute Gasteiger partial charge is 0.147 e. The van der Waals surface area contributed by atoms with E-state index in [0.717, 1.165) is 38.1 Å². The van der Waals surface area contributed by atoms with Crippen LogP contribution >= 0.6 is 11.3 Å². The van der Waals surface area contributed by atoms with E-state index < -0.39 is 0 Å². The Balaban J connectivity index is 1.55. The van der Waals surface area contributed by atoms with E-state index in [0.29, 0.717) is 6.42 Å². The van der Waals surface area contributed by atoms with Crippen molar-refractivity contribution in [3.8, 4) is 21.7 Å². The minimum absolute atomic E-state index is 0.0760. The predicted molar refractivity (Wildman–Crippen MR) is 115 cm³/mol. The molecule has 1 heterocycles. The molecule has 0 saturated carbocycles. The molecule has 0 amide bonds. The van der Waals surface area contributed by atoms with Crippen LogP contribution in [0.3, 0.4) is 0 Å². The molecular weight excluding hydrogens is 385 g/mol. The van der Waals surface area contributed by atoms with Crippen molar-refractivity contribution in [3.05, 3.63) is 83.6 Å². The average Bonchev–Trinajstić information content (AvgIpc) is 3.17. The van der Waals surface area contributed by atoms with E-state index in [-0.39, 0.29) is 11.6 Å². The Kier molecular flexibility index (Phi) is 5.44. The molecule has 0 radical (unpaired) electrons. The van der Waals surface area contributed by atoms with Crippen LogP contribution in [0.2, 0.25) is 0 Å². The summed E-state index contributed by atoms with van der Waals surface area (Å²) in [6.45, 7) is 1.55. The maximum atomic E-state index is 13.3. The second-order valence-electron chi connectivity index (χ2n) is 6.63. The minimum Gasteiger partial charge on any atom is -0.355 e. The molecule has 4 aromatic rings. The van der Waals surface area contributed by atoms with Crippen molar-refractivity contribution < 1.29 is 9.18 Å². The number of nitrogens with one attached hydrogen (secondary N) is 1. The summed E-state index contributed by atoms with van der Waals surface area (Å²) in [6.07, 6.45) is 0.317. The number of benzene rings is 3. The van der Waals surface area contributed by atoms with Gasteiger partial charge in [0.1, 0.15) is 21.6 Å². The van der Waals surface area contributed by atoms with Gasteiger partial charge in [-0.15, -0.1) is 10.2 Å². The summed E-state index contributed by atoms with van der Waals surface area (Å²) in [7, 11) is 0. The molecule has 1 N–H and O–H groups in total. The third-order valence-electron chi connectivity index (χ3n) is 4.36. The van der Waals surface area contributed by atoms with Crippen molar-refractivity contribution in [1.29, 1.82) is 0 Å². The van der Waals surface area contributed by atoms with E-state index in [1.807, 2.05) is 48.5 Å². The maximum absolute atomic E-state index is 13.3. The van der Waals surface area contributed by atoms with Crippen LogP contribution in [0.4, 0.5) is 15.8 Å². The zero-order chi connectivity index (χ0) is 20.2. The summed E-state index contributed by atoms with van der Waals surface area (Å²) in [5.74, 6) is -0.176. The van der Waals surface area contributed by atoms with Crippen LogP contribution in [0, 0.1) is 5.82 Å². The fourth-order valence-electron chi connectivity index (χ4n) is 2.98. The Hall–Kier alpha value is -3.38. The molecule has 1 aromatic heterocycles. The number of ketones is 1. The van der Waals surface area contributed by atoms with Crippen molar-refractivity contribution in [3.63, 3.8) is 0 Å². The van der Waals surface area contributed by atoms with Gasteiger partial charge in [-0.05, 0) is 55.0 Å². The van der Waals surface area contributed by atoms with Gasteiger partial charge in [-0.2, -0.15) is 0 Å². The molecule has 0 aliphatic heterocycles. The zero-order valence-electron chi connectivity index (χ0n) is 15.7. The van der Waals surface area contributed by atoms with Gasteiger partial charge in [0.25, 0.3) is 0 Å². The Bertz CT molecular complexity index is 1140. The Morgan fingerprint density at radius 3 is 2.34 bits per heavy atom. The molecule has 0 fully saturated rings. The first kappa shape index (κ1) is 19.0. The van der Waals surface area contributed by atoms with E-state index in [1.54, 1.807) is 19.1 Å². The molecule has 4 nitrogen and oxygen atoms in total. The molecule has 0 atom stereocenters. The van der Waals surface area contributed by atoms with Gasteiger partial charge in [0.2, 0.25) is 0 Å². The lowest BCUT2D eigenvalue weighted by Gasteiger charge is -2.12. The van der Waals surface area contributed by atoms with Crippen LogP contribution in [0.1, 0.15) is 11.9 Å². The summed E-state index contributed by atoms with van der Waals surface area (Å²) >= 11 is 1.43. The highest BCUT2D eigenvalue weighted by atomic mass is 32.1. The van der Waals surface area contributed by atoms with Crippen LogP contribution in [-0.2, 0) is 11.2 Å².